The highest BCUT2D eigenvalue weighted by atomic mass is 79.9. The number of alkyl carbamates (subject to hydrolysis) is 1. The average molecular weight is 496 g/mol. The van der Waals surface area contributed by atoms with Crippen LogP contribution in [0.5, 0.6) is 0 Å². The third kappa shape index (κ3) is 5.02. The van der Waals surface area contributed by atoms with Crippen LogP contribution in [-0.2, 0) is 14.3 Å². The highest BCUT2D eigenvalue weighted by molar-refractivity contribution is 9.10. The van der Waals surface area contributed by atoms with Gasteiger partial charge in [-0.3, -0.25) is 4.79 Å². The zero-order valence-corrected chi connectivity index (χ0v) is 20.2. The summed E-state index contributed by atoms with van der Waals surface area (Å²) in [6.45, 7) is 8.58. The minimum Gasteiger partial charge on any atom is -0.464 e. The maximum Gasteiger partial charge on any atom is 0.407 e. The highest BCUT2D eigenvalue weighted by Crippen LogP contribution is 2.48. The largest absolute Gasteiger partial charge is 0.464 e. The molecule has 0 bridgehead atoms. The van der Waals surface area contributed by atoms with Gasteiger partial charge in [0.2, 0.25) is 0 Å². The predicted molar refractivity (Wildman–Crippen MR) is 119 cm³/mol. The van der Waals surface area contributed by atoms with Crippen LogP contribution in [0.25, 0.3) is 0 Å². The average Bonchev–Trinajstić information content (AvgIpc) is 2.90. The number of nitrogens with zero attached hydrogens (tertiary/aromatic N) is 2. The smallest absolute Gasteiger partial charge is 0.407 e. The summed E-state index contributed by atoms with van der Waals surface area (Å²) in [5.41, 5.74) is 0.0326. The van der Waals surface area contributed by atoms with E-state index in [0.717, 1.165) is 4.47 Å². The van der Waals surface area contributed by atoms with E-state index >= 15 is 0 Å². The number of halogens is 1. The summed E-state index contributed by atoms with van der Waals surface area (Å²) in [5, 5.41) is 2.98. The molecule has 2 heterocycles. The molecule has 1 N–H and O–H groups in total. The molecule has 1 saturated carbocycles. The number of carbonyl (C=O) groups is 3. The van der Waals surface area contributed by atoms with Gasteiger partial charge in [-0.1, -0.05) is 6.92 Å². The number of piperidine rings is 1. The lowest BCUT2D eigenvalue weighted by molar-refractivity contribution is -0.120. The number of methoxy groups -OCH3 is 1. The number of Topliss-reactive ketones (excluding diaryl/α,β-unsaturated/α-hetero) is 1. The van der Waals surface area contributed by atoms with Crippen LogP contribution in [-0.4, -0.2) is 54.7 Å². The quantitative estimate of drug-likeness (QED) is 0.637. The Morgan fingerprint density at radius 1 is 1.29 bits per heavy atom. The van der Waals surface area contributed by atoms with Gasteiger partial charge >= 0.3 is 12.1 Å². The fourth-order valence-corrected chi connectivity index (χ4v) is 4.97. The topological polar surface area (TPSA) is 97.8 Å². The van der Waals surface area contributed by atoms with E-state index in [2.05, 4.69) is 31.1 Å². The molecule has 1 saturated heterocycles. The van der Waals surface area contributed by atoms with Crippen molar-refractivity contribution in [2.75, 3.05) is 25.1 Å². The van der Waals surface area contributed by atoms with Crippen molar-refractivity contribution in [3.05, 3.63) is 22.4 Å². The second-order valence-corrected chi connectivity index (χ2v) is 10.3. The van der Waals surface area contributed by atoms with Gasteiger partial charge in [-0.25, -0.2) is 14.6 Å². The van der Waals surface area contributed by atoms with Gasteiger partial charge in [0, 0.05) is 47.6 Å². The van der Waals surface area contributed by atoms with Crippen LogP contribution in [0, 0.1) is 11.3 Å². The number of amides is 1. The SMILES string of the molecule is COC(=O)c1ncc(Br)cc1N1CCC2(CC1)CC(=O)[C@@H](C)[C@@H]2NC(=O)OC(C)(C)C. The third-order valence-corrected chi connectivity index (χ3v) is 6.61. The van der Waals surface area contributed by atoms with Crippen molar-refractivity contribution in [1.82, 2.24) is 10.3 Å². The summed E-state index contributed by atoms with van der Waals surface area (Å²) in [4.78, 5) is 43.6. The van der Waals surface area contributed by atoms with E-state index in [4.69, 9.17) is 9.47 Å². The second kappa shape index (κ2) is 8.76. The summed E-state index contributed by atoms with van der Waals surface area (Å²) in [5.74, 6) is -0.594. The number of rotatable bonds is 3. The highest BCUT2D eigenvalue weighted by Gasteiger charge is 2.53. The first-order valence-electron chi connectivity index (χ1n) is 10.5. The van der Waals surface area contributed by atoms with Crippen molar-refractivity contribution in [3.63, 3.8) is 0 Å². The molecule has 3 rings (SSSR count). The minimum atomic E-state index is -0.607. The molecule has 1 spiro atoms. The molecule has 0 aromatic carbocycles. The van der Waals surface area contributed by atoms with Crippen molar-refractivity contribution in [2.24, 2.45) is 11.3 Å². The summed E-state index contributed by atoms with van der Waals surface area (Å²) in [7, 11) is 1.33. The molecule has 1 aromatic rings. The number of ketones is 1. The Morgan fingerprint density at radius 2 is 1.94 bits per heavy atom. The lowest BCUT2D eigenvalue weighted by Crippen LogP contribution is -2.53. The fourth-order valence-electron chi connectivity index (χ4n) is 4.65. The number of nitrogens with one attached hydrogen (secondary N) is 1. The molecule has 2 fully saturated rings. The van der Waals surface area contributed by atoms with Crippen LogP contribution >= 0.6 is 15.9 Å². The van der Waals surface area contributed by atoms with Gasteiger partial charge in [0.1, 0.15) is 11.4 Å². The molecular weight excluding hydrogens is 466 g/mol. The van der Waals surface area contributed by atoms with Crippen LogP contribution in [0.4, 0.5) is 10.5 Å². The van der Waals surface area contributed by atoms with Gasteiger partial charge in [-0.2, -0.15) is 0 Å². The lowest BCUT2D eigenvalue weighted by atomic mass is 9.73. The Bertz CT molecular complexity index is 874. The molecule has 1 aliphatic heterocycles. The van der Waals surface area contributed by atoms with Crippen molar-refractivity contribution >= 4 is 39.5 Å². The summed E-state index contributed by atoms with van der Waals surface area (Å²) >= 11 is 3.42. The molecule has 8 nitrogen and oxygen atoms in total. The van der Waals surface area contributed by atoms with Crippen LogP contribution < -0.4 is 10.2 Å². The number of carbonyl (C=O) groups excluding carboxylic acids is 3. The van der Waals surface area contributed by atoms with Crippen LogP contribution in [0.2, 0.25) is 0 Å². The lowest BCUT2D eigenvalue weighted by Gasteiger charge is -2.44. The van der Waals surface area contributed by atoms with Crippen LogP contribution in [0.3, 0.4) is 0 Å². The monoisotopic (exact) mass is 495 g/mol. The number of hydrogen-bond donors (Lipinski definition) is 1. The van der Waals surface area contributed by atoms with Gasteiger partial charge in [0.15, 0.2) is 5.69 Å². The second-order valence-electron chi connectivity index (χ2n) is 9.42. The number of aromatic nitrogens is 1. The molecule has 170 valence electrons. The molecule has 1 amide bonds. The van der Waals surface area contributed by atoms with Crippen molar-refractivity contribution in [1.29, 1.82) is 0 Å². The number of esters is 1. The standard InChI is InChI=1S/C22H30BrN3O5/c1-13-16(27)11-22(18(13)25-20(29)31-21(2,3)4)6-8-26(9-7-22)15-10-14(23)12-24-17(15)19(28)30-5/h10,12-13,18H,6-9,11H2,1-5H3,(H,25,29)/t13-,18+/m1/s1. The molecule has 9 heteroatoms. The normalized spacial score (nSPS) is 23.0. The Hall–Kier alpha value is -2.16. The first-order chi connectivity index (χ1) is 14.5. The number of pyridine rings is 1. The van der Waals surface area contributed by atoms with E-state index in [1.54, 1.807) is 6.20 Å². The van der Waals surface area contributed by atoms with E-state index in [1.807, 2.05) is 33.8 Å². The Balaban J connectivity index is 1.79. The molecular formula is C22H30BrN3O5. The predicted octanol–water partition coefficient (Wildman–Crippen LogP) is 3.72. The van der Waals surface area contributed by atoms with Crippen molar-refractivity contribution in [3.8, 4) is 0 Å². The Morgan fingerprint density at radius 3 is 2.52 bits per heavy atom. The Kier molecular flexibility index (Phi) is 6.64. The summed E-state index contributed by atoms with van der Waals surface area (Å²) in [6.07, 6.45) is 2.92. The first-order valence-corrected chi connectivity index (χ1v) is 11.3. The van der Waals surface area contributed by atoms with Crippen LogP contribution in [0.1, 0.15) is 57.4 Å². The van der Waals surface area contributed by atoms with Gasteiger partial charge in [0.25, 0.3) is 0 Å². The first kappa shape index (κ1) is 23.5. The fraction of sp³-hybridized carbons (Fsp3) is 0.636. The van der Waals surface area contributed by atoms with E-state index in [-0.39, 0.29) is 28.9 Å². The van der Waals surface area contributed by atoms with Crippen LogP contribution in [0.15, 0.2) is 16.7 Å². The summed E-state index contributed by atoms with van der Waals surface area (Å²) < 4.78 is 11.1. The van der Waals surface area contributed by atoms with E-state index in [9.17, 15) is 14.4 Å². The number of anilines is 1. The number of ether oxygens (including phenoxy) is 2. The van der Waals surface area contributed by atoms with E-state index in [1.165, 1.54) is 7.11 Å². The molecule has 2 aliphatic rings. The van der Waals surface area contributed by atoms with Crippen molar-refractivity contribution in [2.45, 2.75) is 58.6 Å². The number of hydrogen-bond acceptors (Lipinski definition) is 7. The maximum absolute atomic E-state index is 12.6. The van der Waals surface area contributed by atoms with Gasteiger partial charge < -0.3 is 19.7 Å². The maximum atomic E-state index is 12.6. The van der Waals surface area contributed by atoms with Crippen molar-refractivity contribution < 1.29 is 23.9 Å². The zero-order valence-electron chi connectivity index (χ0n) is 18.7. The molecule has 31 heavy (non-hydrogen) atoms. The molecule has 1 aliphatic carbocycles. The minimum absolute atomic E-state index is 0.161. The van der Waals surface area contributed by atoms with E-state index in [0.29, 0.717) is 38.0 Å². The summed E-state index contributed by atoms with van der Waals surface area (Å²) in [6, 6.07) is 1.58. The van der Waals surface area contributed by atoms with E-state index < -0.39 is 17.7 Å². The Labute approximate surface area is 191 Å². The van der Waals surface area contributed by atoms with Gasteiger partial charge in [-0.15, -0.1) is 0 Å². The van der Waals surface area contributed by atoms with Gasteiger partial charge in [-0.05, 0) is 55.6 Å². The van der Waals surface area contributed by atoms with Gasteiger partial charge in [0.05, 0.1) is 12.8 Å². The molecule has 1 aromatic heterocycles. The third-order valence-electron chi connectivity index (χ3n) is 6.18. The molecule has 0 radical (unpaired) electrons. The molecule has 2 atom stereocenters. The molecule has 0 unspecified atom stereocenters. The zero-order chi connectivity index (χ0) is 23.0.